The van der Waals surface area contributed by atoms with Gasteiger partial charge in [-0.3, -0.25) is 0 Å². The molecule has 0 nitrogen and oxygen atoms in total. The average molecular weight is 550 g/mol. The van der Waals surface area contributed by atoms with Crippen molar-refractivity contribution in [3.05, 3.63) is 125 Å². The number of fused-ring (bicyclic) bond motifs is 6. The Labute approximate surface area is 197 Å². The van der Waals surface area contributed by atoms with Gasteiger partial charge in [-0.1, -0.05) is 84.8 Å². The SMILES string of the molecule is [Hf].c1ccc2c(c1)Cc1c([CH-]CCc3cccc4c3Cc3ccccc3-4)cccc1-2. The summed E-state index contributed by atoms with van der Waals surface area (Å²) in [4.78, 5) is 0. The van der Waals surface area contributed by atoms with Gasteiger partial charge in [0.1, 0.15) is 0 Å². The van der Waals surface area contributed by atoms with Crippen molar-refractivity contribution in [2.45, 2.75) is 25.7 Å². The van der Waals surface area contributed by atoms with Gasteiger partial charge in [0.25, 0.3) is 0 Å². The third-order valence-corrected chi connectivity index (χ3v) is 6.61. The van der Waals surface area contributed by atoms with Crippen molar-refractivity contribution < 1.29 is 25.8 Å². The molecule has 4 aromatic rings. The van der Waals surface area contributed by atoms with Crippen molar-refractivity contribution in [2.75, 3.05) is 0 Å². The molecule has 0 aromatic heterocycles. The van der Waals surface area contributed by atoms with Crippen molar-refractivity contribution >= 4 is 0 Å². The summed E-state index contributed by atoms with van der Waals surface area (Å²) in [6.07, 6.45) is 6.78. The summed E-state index contributed by atoms with van der Waals surface area (Å²) in [5, 5.41) is 0. The first-order valence-electron chi connectivity index (χ1n) is 10.6. The molecule has 0 bridgehead atoms. The van der Waals surface area contributed by atoms with Gasteiger partial charge in [0.2, 0.25) is 0 Å². The predicted octanol–water partition coefficient (Wildman–Crippen LogP) is 7.01. The summed E-state index contributed by atoms with van der Waals surface area (Å²) in [6.45, 7) is 0. The van der Waals surface area contributed by atoms with Crippen LogP contribution in [0.3, 0.4) is 0 Å². The minimum atomic E-state index is 0. The summed E-state index contributed by atoms with van der Waals surface area (Å²) in [5.74, 6) is 0. The van der Waals surface area contributed by atoms with Crippen LogP contribution in [-0.4, -0.2) is 0 Å². The van der Waals surface area contributed by atoms with Crippen LogP contribution < -0.4 is 0 Å². The monoisotopic (exact) mass is 551 g/mol. The third-order valence-electron chi connectivity index (χ3n) is 6.61. The minimum absolute atomic E-state index is 0. The van der Waals surface area contributed by atoms with Crippen LogP contribution in [0.15, 0.2) is 84.9 Å². The van der Waals surface area contributed by atoms with Gasteiger partial charge in [-0.15, -0.1) is 11.6 Å². The van der Waals surface area contributed by atoms with E-state index in [1.54, 1.807) is 0 Å². The summed E-state index contributed by atoms with van der Waals surface area (Å²) in [7, 11) is 0. The molecule has 2 aliphatic rings. The van der Waals surface area contributed by atoms with Gasteiger partial charge in [-0.05, 0) is 58.2 Å². The summed E-state index contributed by atoms with van der Waals surface area (Å²) in [5.41, 5.74) is 14.6. The molecule has 0 aliphatic heterocycles. The molecule has 0 unspecified atom stereocenters. The molecular formula is C29H23Hf-. The van der Waals surface area contributed by atoms with E-state index in [1.165, 1.54) is 55.6 Å². The molecule has 30 heavy (non-hydrogen) atoms. The molecule has 144 valence electrons. The van der Waals surface area contributed by atoms with E-state index in [-0.39, 0.29) is 25.8 Å². The zero-order valence-electron chi connectivity index (χ0n) is 17.0. The van der Waals surface area contributed by atoms with Gasteiger partial charge in [0, 0.05) is 25.8 Å². The van der Waals surface area contributed by atoms with E-state index in [2.05, 4.69) is 91.3 Å². The van der Waals surface area contributed by atoms with Crippen LogP contribution >= 0.6 is 0 Å². The Balaban J connectivity index is 0.00000193. The van der Waals surface area contributed by atoms with Crippen molar-refractivity contribution in [3.63, 3.8) is 0 Å². The fraction of sp³-hybridized carbons (Fsp3) is 0.138. The summed E-state index contributed by atoms with van der Waals surface area (Å²) >= 11 is 0. The molecular weight excluding hydrogens is 527 g/mol. The van der Waals surface area contributed by atoms with Crippen LogP contribution in [-0.2, 0) is 45.1 Å². The fourth-order valence-electron chi connectivity index (χ4n) is 5.21. The largest absolute Gasteiger partial charge is 0.188 e. The Morgan fingerprint density at radius 3 is 1.87 bits per heavy atom. The molecule has 0 saturated carbocycles. The Morgan fingerprint density at radius 1 is 0.567 bits per heavy atom. The molecule has 0 spiro atoms. The molecule has 0 N–H and O–H groups in total. The first-order chi connectivity index (χ1) is 14.4. The maximum atomic E-state index is 2.45. The molecule has 0 fully saturated rings. The number of aryl methyl sites for hydroxylation is 1. The number of rotatable bonds is 4. The Bertz CT molecular complexity index is 1140. The van der Waals surface area contributed by atoms with Crippen LogP contribution in [0.4, 0.5) is 0 Å². The van der Waals surface area contributed by atoms with Gasteiger partial charge in [-0.25, -0.2) is 0 Å². The standard InChI is InChI=1S/C29H23.Hf/c1-3-14-24-22(8-1)18-28-20(12-6-16-26(24)28)10-5-11-21-13-7-17-27-25-15-4-2-9-23(25)19-29(21)27;/h1-4,6-10,12-17H,5,11,18-19H2;/q-1;. The maximum absolute atomic E-state index is 2.45. The second-order valence-corrected chi connectivity index (χ2v) is 8.23. The van der Waals surface area contributed by atoms with E-state index in [1.807, 2.05) is 0 Å². The predicted molar refractivity (Wildman–Crippen MR) is 121 cm³/mol. The second kappa shape index (κ2) is 8.04. The fourth-order valence-corrected chi connectivity index (χ4v) is 5.21. The quantitative estimate of drug-likeness (QED) is 0.164. The topological polar surface area (TPSA) is 0 Å². The molecule has 1 heteroatoms. The first-order valence-corrected chi connectivity index (χ1v) is 10.6. The van der Waals surface area contributed by atoms with E-state index < -0.39 is 0 Å². The van der Waals surface area contributed by atoms with Gasteiger partial charge < -0.3 is 0 Å². The van der Waals surface area contributed by atoms with Crippen LogP contribution in [0.25, 0.3) is 22.3 Å². The molecule has 0 amide bonds. The molecule has 2 aliphatic carbocycles. The van der Waals surface area contributed by atoms with Crippen LogP contribution in [0.5, 0.6) is 0 Å². The Hall–Kier alpha value is -2.38. The number of hydrogen-bond donors (Lipinski definition) is 0. The number of benzene rings is 4. The van der Waals surface area contributed by atoms with Crippen molar-refractivity contribution in [3.8, 4) is 22.3 Å². The smallest absolute Gasteiger partial charge is 0 e. The molecule has 0 saturated heterocycles. The zero-order chi connectivity index (χ0) is 19.2. The molecule has 0 radical (unpaired) electrons. The van der Waals surface area contributed by atoms with Gasteiger partial charge in [0.15, 0.2) is 0 Å². The van der Waals surface area contributed by atoms with Crippen LogP contribution in [0.2, 0.25) is 0 Å². The van der Waals surface area contributed by atoms with Crippen LogP contribution in [0.1, 0.15) is 39.8 Å². The summed E-state index contributed by atoms with van der Waals surface area (Å²) < 4.78 is 0. The molecule has 6 rings (SSSR count). The second-order valence-electron chi connectivity index (χ2n) is 8.23. The first kappa shape index (κ1) is 19.6. The minimum Gasteiger partial charge on any atom is -0.188 e. The molecule has 4 aromatic carbocycles. The molecule has 0 atom stereocenters. The normalized spacial score (nSPS) is 12.4. The third kappa shape index (κ3) is 3.20. The van der Waals surface area contributed by atoms with E-state index in [0.717, 1.165) is 25.7 Å². The van der Waals surface area contributed by atoms with Gasteiger partial charge in [-0.2, -0.15) is 18.1 Å². The Morgan fingerprint density at radius 2 is 1.13 bits per heavy atom. The van der Waals surface area contributed by atoms with Gasteiger partial charge >= 0.3 is 0 Å². The van der Waals surface area contributed by atoms with Gasteiger partial charge in [0.05, 0.1) is 0 Å². The maximum Gasteiger partial charge on any atom is 0 e. The van der Waals surface area contributed by atoms with E-state index >= 15 is 0 Å². The van der Waals surface area contributed by atoms with Crippen LogP contribution in [0, 0.1) is 6.42 Å². The number of hydrogen-bond acceptors (Lipinski definition) is 0. The van der Waals surface area contributed by atoms with E-state index in [4.69, 9.17) is 0 Å². The van der Waals surface area contributed by atoms with Crippen molar-refractivity contribution in [1.29, 1.82) is 0 Å². The zero-order valence-corrected chi connectivity index (χ0v) is 20.6. The summed E-state index contributed by atoms with van der Waals surface area (Å²) in [6, 6.07) is 31.3. The van der Waals surface area contributed by atoms with Crippen molar-refractivity contribution in [2.24, 2.45) is 0 Å². The van der Waals surface area contributed by atoms with E-state index in [9.17, 15) is 0 Å². The average Bonchev–Trinajstić information content (AvgIpc) is 3.33. The molecule has 0 heterocycles. The Kier molecular flexibility index (Phi) is 5.25. The van der Waals surface area contributed by atoms with Crippen molar-refractivity contribution in [1.82, 2.24) is 0 Å². The van der Waals surface area contributed by atoms with E-state index in [0.29, 0.717) is 0 Å².